The number of fused-ring (bicyclic) bond motifs is 19. The number of hydrogen-bond acceptors (Lipinski definition) is 3. The molecule has 0 radical (unpaired) electrons. The van der Waals surface area contributed by atoms with Gasteiger partial charge in [0.15, 0.2) is 0 Å². The first-order chi connectivity index (χ1) is 34.3. The fraction of sp³-hybridized carbons (Fsp3) is 0. The van der Waals surface area contributed by atoms with Crippen LogP contribution in [0.25, 0.3) is 98.1 Å². The molecule has 0 bridgehead atoms. The van der Waals surface area contributed by atoms with Gasteiger partial charge in [0.2, 0.25) is 0 Å². The van der Waals surface area contributed by atoms with Crippen LogP contribution in [0.1, 0.15) is 0 Å². The van der Waals surface area contributed by atoms with Crippen molar-refractivity contribution in [3.8, 4) is 22.3 Å². The third-order valence-electron chi connectivity index (χ3n) is 14.2. The molecule has 0 aliphatic carbocycles. The lowest BCUT2D eigenvalue weighted by Crippen LogP contribution is -2.10. The van der Waals surface area contributed by atoms with Crippen molar-refractivity contribution in [3.05, 3.63) is 255 Å². The van der Waals surface area contributed by atoms with Gasteiger partial charge in [-0.3, -0.25) is 0 Å². The molecule has 0 spiro atoms. The molecule has 3 nitrogen and oxygen atoms in total. The summed E-state index contributed by atoms with van der Waals surface area (Å²) in [5, 5.41) is 13.7. The first-order valence-electron chi connectivity index (χ1n) is 23.7. The maximum atomic E-state index is 7.00. The standard InChI is InChI=1S/C66H42N2O/c1-3-19-43(20-4-1)67(45-36-38-53-54-28-13-16-32-62(54)68(44-21-5-2-6-22-44)63-33-17-14-29-55(63)60(53)41-45)46-35-37-52-50-26-10-8-24-48(50)47-23-7-9-25-49(47)51-27-11-12-31-57(51)65-58(61(52)42-46)39-40-59-56-30-15-18-34-64(56)69-66(59)65/h1-42H. The zero-order chi connectivity index (χ0) is 45.4. The van der Waals surface area contributed by atoms with Gasteiger partial charge in [0.1, 0.15) is 11.2 Å². The zero-order valence-corrected chi connectivity index (χ0v) is 37.6. The van der Waals surface area contributed by atoms with Crippen LogP contribution in [0.3, 0.4) is 0 Å². The van der Waals surface area contributed by atoms with E-state index in [1.54, 1.807) is 0 Å². The molecular weight excluding hydrogens is 837 g/mol. The Morgan fingerprint density at radius 1 is 0.275 bits per heavy atom. The number of furan rings is 1. The third-order valence-corrected chi connectivity index (χ3v) is 14.2. The molecule has 3 heteroatoms. The van der Waals surface area contributed by atoms with Gasteiger partial charge >= 0.3 is 0 Å². The van der Waals surface area contributed by atoms with Crippen molar-refractivity contribution in [3.63, 3.8) is 0 Å². The maximum absolute atomic E-state index is 7.00. The molecule has 2 heterocycles. The minimum atomic E-state index is 0.879. The molecule has 69 heavy (non-hydrogen) atoms. The quantitative estimate of drug-likeness (QED) is 0.176. The molecule has 0 amide bonds. The van der Waals surface area contributed by atoms with Crippen molar-refractivity contribution >= 4 is 110 Å². The molecule has 12 aromatic carbocycles. The van der Waals surface area contributed by atoms with E-state index in [2.05, 4.69) is 265 Å². The van der Waals surface area contributed by atoms with Crippen LogP contribution in [-0.4, -0.2) is 0 Å². The summed E-state index contributed by atoms with van der Waals surface area (Å²) in [5.41, 5.74) is 13.1. The number of rotatable bonds is 4. The highest BCUT2D eigenvalue weighted by atomic mass is 16.3. The average molecular weight is 879 g/mol. The van der Waals surface area contributed by atoms with Gasteiger partial charge in [-0.2, -0.15) is 0 Å². The van der Waals surface area contributed by atoms with Crippen LogP contribution in [0, 0.1) is 0 Å². The summed E-state index contributed by atoms with van der Waals surface area (Å²) in [6, 6.07) is 92.8. The molecule has 0 unspecified atom stereocenters. The van der Waals surface area contributed by atoms with E-state index in [0.29, 0.717) is 0 Å². The monoisotopic (exact) mass is 878 g/mol. The van der Waals surface area contributed by atoms with Crippen molar-refractivity contribution < 1.29 is 4.42 Å². The Bertz CT molecular complexity index is 4270. The molecule has 14 rings (SSSR count). The van der Waals surface area contributed by atoms with Crippen LogP contribution < -0.4 is 9.80 Å². The summed E-state index contributed by atoms with van der Waals surface area (Å²) in [7, 11) is 0. The molecule has 1 aliphatic rings. The first-order valence-corrected chi connectivity index (χ1v) is 23.7. The molecule has 0 fully saturated rings. The number of hydrogen-bond donors (Lipinski definition) is 0. The Morgan fingerprint density at radius 3 is 1.39 bits per heavy atom. The smallest absolute Gasteiger partial charge is 0.143 e. The second-order valence-electron chi connectivity index (χ2n) is 17.9. The second-order valence-corrected chi connectivity index (χ2v) is 17.9. The van der Waals surface area contributed by atoms with Crippen molar-refractivity contribution in [2.75, 3.05) is 9.80 Å². The van der Waals surface area contributed by atoms with Crippen molar-refractivity contribution in [2.24, 2.45) is 0 Å². The van der Waals surface area contributed by atoms with Gasteiger partial charge in [0.05, 0.1) is 11.4 Å². The van der Waals surface area contributed by atoms with E-state index in [9.17, 15) is 0 Å². The highest BCUT2D eigenvalue weighted by Crippen LogP contribution is 2.52. The summed E-state index contributed by atoms with van der Waals surface area (Å²) >= 11 is 0. The Labute approximate surface area is 399 Å². The van der Waals surface area contributed by atoms with Crippen LogP contribution in [0.15, 0.2) is 259 Å². The summed E-state index contributed by atoms with van der Waals surface area (Å²) in [6.07, 6.45) is 0. The van der Waals surface area contributed by atoms with Gasteiger partial charge in [-0.05, 0) is 132 Å². The SMILES string of the molecule is c1ccc(N(c2ccc3c(c2)-c2ccccc2N(c2ccccc2)c2ccccc2-3)c2ccc3c4ccccc4c4ccccc4c4ccccc4c4c(ccc5c6ccccc6oc54)c3c2)cc1. The highest BCUT2D eigenvalue weighted by Gasteiger charge is 2.27. The maximum Gasteiger partial charge on any atom is 0.143 e. The highest BCUT2D eigenvalue weighted by molar-refractivity contribution is 6.31. The van der Waals surface area contributed by atoms with Crippen LogP contribution in [0.5, 0.6) is 0 Å². The molecule has 0 saturated heterocycles. The van der Waals surface area contributed by atoms with E-state index >= 15 is 0 Å². The van der Waals surface area contributed by atoms with Crippen molar-refractivity contribution in [1.82, 2.24) is 0 Å². The van der Waals surface area contributed by atoms with E-state index < -0.39 is 0 Å². The van der Waals surface area contributed by atoms with Crippen LogP contribution in [0.2, 0.25) is 0 Å². The lowest BCUT2D eigenvalue weighted by atomic mass is 9.93. The van der Waals surface area contributed by atoms with Crippen molar-refractivity contribution in [2.45, 2.75) is 0 Å². The van der Waals surface area contributed by atoms with Gasteiger partial charge in [-0.25, -0.2) is 0 Å². The molecule has 0 atom stereocenters. The molecule has 1 aromatic heterocycles. The lowest BCUT2D eigenvalue weighted by Gasteiger charge is -2.27. The Balaban J connectivity index is 1.11. The zero-order valence-electron chi connectivity index (χ0n) is 37.6. The minimum absolute atomic E-state index is 0.879. The van der Waals surface area contributed by atoms with Gasteiger partial charge in [0.25, 0.3) is 0 Å². The minimum Gasteiger partial charge on any atom is -0.455 e. The Hall–Kier alpha value is -9.18. The van der Waals surface area contributed by atoms with Gasteiger partial charge < -0.3 is 14.2 Å². The molecule has 1 aliphatic heterocycles. The largest absolute Gasteiger partial charge is 0.455 e. The summed E-state index contributed by atoms with van der Waals surface area (Å²) in [6.45, 7) is 0. The Morgan fingerprint density at radius 2 is 0.725 bits per heavy atom. The normalized spacial score (nSPS) is 12.0. The summed E-state index contributed by atoms with van der Waals surface area (Å²) in [4.78, 5) is 4.83. The van der Waals surface area contributed by atoms with E-state index in [4.69, 9.17) is 4.42 Å². The predicted molar refractivity (Wildman–Crippen MR) is 293 cm³/mol. The number of nitrogens with zero attached hydrogens (tertiary/aromatic N) is 2. The van der Waals surface area contributed by atoms with E-state index in [-0.39, 0.29) is 0 Å². The van der Waals surface area contributed by atoms with Gasteiger partial charge in [0, 0.05) is 50.0 Å². The predicted octanol–water partition coefficient (Wildman–Crippen LogP) is 19.1. The molecule has 13 aromatic rings. The second kappa shape index (κ2) is 15.7. The number of anilines is 6. The van der Waals surface area contributed by atoms with E-state index in [1.807, 2.05) is 0 Å². The fourth-order valence-corrected chi connectivity index (χ4v) is 11.2. The number of benzene rings is 11. The van der Waals surface area contributed by atoms with Gasteiger partial charge in [-0.15, -0.1) is 0 Å². The summed E-state index contributed by atoms with van der Waals surface area (Å²) < 4.78 is 7.00. The van der Waals surface area contributed by atoms with Gasteiger partial charge in [-0.1, -0.05) is 182 Å². The Kier molecular flexibility index (Phi) is 8.90. The first kappa shape index (κ1) is 39.0. The molecular formula is C66H42N2O. The number of para-hydroxylation sites is 5. The van der Waals surface area contributed by atoms with Crippen LogP contribution >= 0.6 is 0 Å². The topological polar surface area (TPSA) is 19.6 Å². The summed E-state index contributed by atoms with van der Waals surface area (Å²) in [5.74, 6) is 0. The van der Waals surface area contributed by atoms with E-state index in [0.717, 1.165) is 83.0 Å². The molecule has 0 N–H and O–H groups in total. The van der Waals surface area contributed by atoms with Crippen molar-refractivity contribution in [1.29, 1.82) is 0 Å². The van der Waals surface area contributed by atoms with E-state index in [1.165, 1.54) is 49.2 Å². The molecule has 0 saturated carbocycles. The van der Waals surface area contributed by atoms with Crippen LogP contribution in [0.4, 0.5) is 34.1 Å². The average Bonchev–Trinajstić information content (AvgIpc) is 3.75. The third kappa shape index (κ3) is 6.14. The lowest BCUT2D eigenvalue weighted by molar-refractivity contribution is 0.673. The van der Waals surface area contributed by atoms with Crippen LogP contribution in [-0.2, 0) is 0 Å². The fourth-order valence-electron chi connectivity index (χ4n) is 11.2. The molecule has 322 valence electrons.